The Balaban J connectivity index is 1.83. The third-order valence-electron chi connectivity index (χ3n) is 4.69. The number of carbonyl (C=O) groups excluding carboxylic acids is 1. The van der Waals surface area contributed by atoms with E-state index in [1.807, 2.05) is 44.2 Å². The van der Waals surface area contributed by atoms with Gasteiger partial charge in [0.05, 0.1) is 6.04 Å². The van der Waals surface area contributed by atoms with Gasteiger partial charge in [-0.1, -0.05) is 30.3 Å². The molecule has 0 radical (unpaired) electrons. The second-order valence-corrected chi connectivity index (χ2v) is 6.37. The number of benzene rings is 1. The van der Waals surface area contributed by atoms with Crippen molar-refractivity contribution in [2.75, 3.05) is 13.1 Å². The van der Waals surface area contributed by atoms with E-state index < -0.39 is 0 Å². The van der Waals surface area contributed by atoms with Crippen molar-refractivity contribution in [2.45, 2.75) is 32.9 Å². The number of rotatable bonds is 4. The molecule has 1 atom stereocenters. The van der Waals surface area contributed by atoms with Crippen LogP contribution in [0.4, 0.5) is 0 Å². The summed E-state index contributed by atoms with van der Waals surface area (Å²) < 4.78 is 0. The summed E-state index contributed by atoms with van der Waals surface area (Å²) in [6.07, 6.45) is 2.42. The average molecular weight is 325 g/mol. The van der Waals surface area contributed by atoms with E-state index in [2.05, 4.69) is 15.2 Å². The van der Waals surface area contributed by atoms with Gasteiger partial charge < -0.3 is 10.3 Å². The Morgan fingerprint density at radius 3 is 2.67 bits per heavy atom. The van der Waals surface area contributed by atoms with Crippen LogP contribution in [0.2, 0.25) is 0 Å². The summed E-state index contributed by atoms with van der Waals surface area (Å²) in [7, 11) is 0. The normalized spacial score (nSPS) is 18.4. The molecule has 1 saturated heterocycles. The van der Waals surface area contributed by atoms with Gasteiger partial charge in [-0.15, -0.1) is 0 Å². The molecule has 1 aliphatic heterocycles. The zero-order valence-electron chi connectivity index (χ0n) is 14.1. The Labute approximate surface area is 141 Å². The SMILES string of the molecule is Cc1c[nH]c(CN2CCNC(=O)C2Cc2ccccc2)c(C)c1=O. The molecule has 0 spiro atoms. The molecule has 1 aromatic heterocycles. The van der Waals surface area contributed by atoms with Gasteiger partial charge in [0.25, 0.3) is 0 Å². The first-order valence-corrected chi connectivity index (χ1v) is 8.29. The van der Waals surface area contributed by atoms with Crippen LogP contribution in [0.3, 0.4) is 0 Å². The Morgan fingerprint density at radius 2 is 1.92 bits per heavy atom. The Hall–Kier alpha value is -2.40. The molecule has 24 heavy (non-hydrogen) atoms. The van der Waals surface area contributed by atoms with Gasteiger partial charge in [-0.25, -0.2) is 0 Å². The molecule has 2 N–H and O–H groups in total. The molecule has 2 heterocycles. The molecule has 2 aromatic rings. The molecule has 1 aliphatic rings. The lowest BCUT2D eigenvalue weighted by Gasteiger charge is -2.35. The molecule has 1 amide bonds. The van der Waals surface area contributed by atoms with Gasteiger partial charge in [0.15, 0.2) is 5.43 Å². The standard InChI is InChI=1S/C19H23N3O2/c1-13-11-21-16(14(2)18(13)23)12-22-9-8-20-19(24)17(22)10-15-6-4-3-5-7-15/h3-7,11,17H,8-10,12H2,1-2H3,(H,20,24)(H,21,23). The van der Waals surface area contributed by atoms with Crippen molar-refractivity contribution in [3.63, 3.8) is 0 Å². The lowest BCUT2D eigenvalue weighted by molar-refractivity contribution is -0.129. The fourth-order valence-corrected chi connectivity index (χ4v) is 3.18. The number of aromatic nitrogens is 1. The van der Waals surface area contributed by atoms with Crippen LogP contribution in [0, 0.1) is 13.8 Å². The molecule has 0 aliphatic carbocycles. The summed E-state index contributed by atoms with van der Waals surface area (Å²) in [6, 6.07) is 9.82. The summed E-state index contributed by atoms with van der Waals surface area (Å²) in [6.45, 7) is 5.64. The topological polar surface area (TPSA) is 65.2 Å². The zero-order valence-corrected chi connectivity index (χ0v) is 14.1. The Bertz CT molecular complexity index is 783. The Kier molecular flexibility index (Phi) is 4.81. The number of carbonyl (C=O) groups is 1. The molecule has 0 saturated carbocycles. The first-order valence-electron chi connectivity index (χ1n) is 8.29. The van der Waals surface area contributed by atoms with Gasteiger partial charge in [-0.3, -0.25) is 14.5 Å². The van der Waals surface area contributed by atoms with E-state index in [1.165, 1.54) is 0 Å². The minimum Gasteiger partial charge on any atom is -0.363 e. The lowest BCUT2D eigenvalue weighted by atomic mass is 10.0. The number of nitrogens with zero attached hydrogens (tertiary/aromatic N) is 1. The third kappa shape index (κ3) is 3.41. The number of hydrogen-bond donors (Lipinski definition) is 2. The monoisotopic (exact) mass is 325 g/mol. The van der Waals surface area contributed by atoms with Crippen molar-refractivity contribution >= 4 is 5.91 Å². The summed E-state index contributed by atoms with van der Waals surface area (Å²) in [5.41, 5.74) is 3.55. The maximum absolute atomic E-state index is 12.4. The van der Waals surface area contributed by atoms with Crippen molar-refractivity contribution in [1.29, 1.82) is 0 Å². The fourth-order valence-electron chi connectivity index (χ4n) is 3.18. The van der Waals surface area contributed by atoms with Crippen molar-refractivity contribution < 1.29 is 4.79 Å². The van der Waals surface area contributed by atoms with Crippen molar-refractivity contribution in [3.8, 4) is 0 Å². The molecule has 0 bridgehead atoms. The van der Waals surface area contributed by atoms with Crippen LogP contribution in [0.1, 0.15) is 22.4 Å². The van der Waals surface area contributed by atoms with Gasteiger partial charge >= 0.3 is 0 Å². The molecule has 1 aromatic carbocycles. The highest BCUT2D eigenvalue weighted by atomic mass is 16.2. The number of pyridine rings is 1. The molecule has 3 rings (SSSR count). The van der Waals surface area contributed by atoms with Crippen LogP contribution < -0.4 is 10.7 Å². The minimum atomic E-state index is -0.217. The number of nitrogens with one attached hydrogen (secondary N) is 2. The smallest absolute Gasteiger partial charge is 0.237 e. The number of hydrogen-bond acceptors (Lipinski definition) is 3. The van der Waals surface area contributed by atoms with E-state index in [-0.39, 0.29) is 17.4 Å². The van der Waals surface area contributed by atoms with E-state index in [9.17, 15) is 9.59 Å². The maximum atomic E-state index is 12.4. The fraction of sp³-hybridized carbons (Fsp3) is 0.368. The molecule has 1 fully saturated rings. The molecule has 126 valence electrons. The van der Waals surface area contributed by atoms with Gasteiger partial charge in [-0.05, 0) is 25.8 Å². The summed E-state index contributed by atoms with van der Waals surface area (Å²) >= 11 is 0. The van der Waals surface area contributed by atoms with Gasteiger partial charge in [0, 0.05) is 42.7 Å². The van der Waals surface area contributed by atoms with Gasteiger partial charge in [-0.2, -0.15) is 0 Å². The molecule has 1 unspecified atom stereocenters. The molecule has 5 heteroatoms. The lowest BCUT2D eigenvalue weighted by Crippen LogP contribution is -2.55. The highest BCUT2D eigenvalue weighted by molar-refractivity contribution is 5.82. The highest BCUT2D eigenvalue weighted by Gasteiger charge is 2.30. The summed E-state index contributed by atoms with van der Waals surface area (Å²) in [5, 5.41) is 2.95. The predicted octanol–water partition coefficient (Wildman–Crippen LogP) is 1.53. The van der Waals surface area contributed by atoms with Crippen LogP contribution in [0.25, 0.3) is 0 Å². The van der Waals surface area contributed by atoms with Gasteiger partial charge in [0.1, 0.15) is 0 Å². The second kappa shape index (κ2) is 7.01. The van der Waals surface area contributed by atoms with Crippen LogP contribution >= 0.6 is 0 Å². The summed E-state index contributed by atoms with van der Waals surface area (Å²) in [4.78, 5) is 29.9. The van der Waals surface area contributed by atoms with E-state index in [0.717, 1.165) is 23.4 Å². The molecular formula is C19H23N3O2. The quantitative estimate of drug-likeness (QED) is 0.896. The predicted molar refractivity (Wildman–Crippen MR) is 93.9 cm³/mol. The van der Waals surface area contributed by atoms with Crippen LogP contribution in [0.15, 0.2) is 41.3 Å². The molecular weight excluding hydrogens is 302 g/mol. The number of piperazine rings is 1. The number of aromatic amines is 1. The first-order chi connectivity index (χ1) is 11.6. The summed E-state index contributed by atoms with van der Waals surface area (Å²) in [5.74, 6) is 0.0530. The Morgan fingerprint density at radius 1 is 1.17 bits per heavy atom. The maximum Gasteiger partial charge on any atom is 0.237 e. The molecule has 5 nitrogen and oxygen atoms in total. The third-order valence-corrected chi connectivity index (χ3v) is 4.69. The van der Waals surface area contributed by atoms with E-state index >= 15 is 0 Å². The van der Waals surface area contributed by atoms with Gasteiger partial charge in [0.2, 0.25) is 5.91 Å². The van der Waals surface area contributed by atoms with E-state index in [1.54, 1.807) is 6.20 Å². The van der Waals surface area contributed by atoms with Crippen molar-refractivity contribution in [3.05, 3.63) is 69.1 Å². The van der Waals surface area contributed by atoms with Crippen LogP contribution in [0.5, 0.6) is 0 Å². The van der Waals surface area contributed by atoms with Crippen LogP contribution in [-0.2, 0) is 17.8 Å². The minimum absolute atomic E-state index is 0.0530. The first kappa shape index (κ1) is 16.5. The zero-order chi connectivity index (χ0) is 17.1. The van der Waals surface area contributed by atoms with Crippen molar-refractivity contribution in [1.82, 2.24) is 15.2 Å². The van der Waals surface area contributed by atoms with Crippen LogP contribution in [-0.4, -0.2) is 34.9 Å². The number of amides is 1. The van der Waals surface area contributed by atoms with E-state index in [4.69, 9.17) is 0 Å². The number of aryl methyl sites for hydroxylation is 1. The largest absolute Gasteiger partial charge is 0.363 e. The average Bonchev–Trinajstić information content (AvgIpc) is 2.59. The van der Waals surface area contributed by atoms with Crippen molar-refractivity contribution in [2.24, 2.45) is 0 Å². The highest BCUT2D eigenvalue weighted by Crippen LogP contribution is 2.15. The second-order valence-electron chi connectivity index (χ2n) is 6.37. The van der Waals surface area contributed by atoms with E-state index in [0.29, 0.717) is 25.1 Å². The number of H-pyrrole nitrogens is 1.